The van der Waals surface area contributed by atoms with Crippen LogP contribution < -0.4 is 9.47 Å². The lowest BCUT2D eigenvalue weighted by Crippen LogP contribution is -2.34. The number of hydrogen-bond acceptors (Lipinski definition) is 4. The summed E-state index contributed by atoms with van der Waals surface area (Å²) in [6, 6.07) is 5.32. The van der Waals surface area contributed by atoms with Crippen LogP contribution in [-0.4, -0.2) is 49.2 Å². The first kappa shape index (κ1) is 16.9. The predicted octanol–water partition coefficient (Wildman–Crippen LogP) is 2.04. The van der Waals surface area contributed by atoms with E-state index in [1.54, 1.807) is 50.3 Å². The average Bonchev–Trinajstić information content (AvgIpc) is 2.96. The number of methoxy groups -OCH3 is 2. The highest BCUT2D eigenvalue weighted by Crippen LogP contribution is 2.30. The number of carbonyl (C=O) groups is 2. The van der Waals surface area contributed by atoms with Crippen LogP contribution in [0.1, 0.15) is 18.9 Å². The van der Waals surface area contributed by atoms with Crippen LogP contribution in [-0.2, 0) is 9.59 Å². The number of rotatable bonds is 5. The van der Waals surface area contributed by atoms with Gasteiger partial charge in [-0.2, -0.15) is 0 Å². The van der Waals surface area contributed by atoms with Crippen LogP contribution in [0.4, 0.5) is 0 Å². The van der Waals surface area contributed by atoms with Gasteiger partial charge in [0.1, 0.15) is 11.5 Å². The molecular formula is C17H21NO5. The molecule has 0 saturated carbocycles. The van der Waals surface area contributed by atoms with E-state index in [9.17, 15) is 14.7 Å². The fourth-order valence-corrected chi connectivity index (χ4v) is 2.55. The van der Waals surface area contributed by atoms with Crippen LogP contribution in [0.5, 0.6) is 11.5 Å². The number of ether oxygens (including phenoxy) is 2. The number of nitrogens with zero attached hydrogens (tertiary/aromatic N) is 1. The van der Waals surface area contributed by atoms with E-state index in [0.717, 1.165) is 5.56 Å². The molecule has 1 unspecified atom stereocenters. The zero-order chi connectivity index (χ0) is 17.0. The average molecular weight is 319 g/mol. The molecule has 0 spiro atoms. The van der Waals surface area contributed by atoms with Gasteiger partial charge >= 0.3 is 5.97 Å². The molecule has 1 aliphatic heterocycles. The molecule has 6 heteroatoms. The molecule has 1 atom stereocenters. The molecule has 2 rings (SSSR count). The summed E-state index contributed by atoms with van der Waals surface area (Å²) in [5.41, 5.74) is -0.108. The van der Waals surface area contributed by atoms with Crippen molar-refractivity contribution in [2.45, 2.75) is 13.3 Å². The van der Waals surface area contributed by atoms with E-state index in [-0.39, 0.29) is 12.5 Å². The van der Waals surface area contributed by atoms with Crippen LogP contribution in [0.3, 0.4) is 0 Å². The highest BCUT2D eigenvalue weighted by molar-refractivity contribution is 5.93. The van der Waals surface area contributed by atoms with Crippen molar-refractivity contribution in [3.63, 3.8) is 0 Å². The molecule has 124 valence electrons. The van der Waals surface area contributed by atoms with Gasteiger partial charge < -0.3 is 19.5 Å². The molecule has 1 aliphatic rings. The molecule has 1 aromatic rings. The Morgan fingerprint density at radius 2 is 2.04 bits per heavy atom. The number of benzene rings is 1. The summed E-state index contributed by atoms with van der Waals surface area (Å²) >= 11 is 0. The van der Waals surface area contributed by atoms with E-state index >= 15 is 0 Å². The Labute approximate surface area is 135 Å². The largest absolute Gasteiger partial charge is 0.497 e. The normalized spacial score (nSPS) is 20.7. The Balaban J connectivity index is 2.09. The highest BCUT2D eigenvalue weighted by Gasteiger charge is 2.41. The molecule has 1 heterocycles. The summed E-state index contributed by atoms with van der Waals surface area (Å²) in [5, 5.41) is 9.21. The van der Waals surface area contributed by atoms with Crippen LogP contribution in [0.15, 0.2) is 24.3 Å². The number of hydrogen-bond donors (Lipinski definition) is 1. The number of carboxylic acid groups (broad SMARTS) is 1. The van der Waals surface area contributed by atoms with Crippen molar-refractivity contribution in [3.05, 3.63) is 29.8 Å². The topological polar surface area (TPSA) is 76.1 Å². The standard InChI is InChI=1S/C17H21NO5/c1-17(16(20)21)8-9-18(11-17)15(19)7-5-12-4-6-13(22-2)10-14(12)23-3/h4-7,10H,8-9,11H2,1-3H3,(H,20,21)/b7-5+. The van der Waals surface area contributed by atoms with Gasteiger partial charge in [0.05, 0.1) is 19.6 Å². The fourth-order valence-electron chi connectivity index (χ4n) is 2.55. The third-order valence-electron chi connectivity index (χ3n) is 4.15. The summed E-state index contributed by atoms with van der Waals surface area (Å²) in [6.45, 7) is 2.34. The van der Waals surface area contributed by atoms with Gasteiger partial charge in [0.15, 0.2) is 0 Å². The first-order valence-corrected chi connectivity index (χ1v) is 7.32. The molecule has 1 N–H and O–H groups in total. The lowest BCUT2D eigenvalue weighted by atomic mass is 9.90. The van der Waals surface area contributed by atoms with Gasteiger partial charge in [0.2, 0.25) is 5.91 Å². The van der Waals surface area contributed by atoms with Gasteiger partial charge in [0.25, 0.3) is 0 Å². The Morgan fingerprint density at radius 1 is 1.30 bits per heavy atom. The Hall–Kier alpha value is -2.50. The van der Waals surface area contributed by atoms with E-state index in [0.29, 0.717) is 24.5 Å². The highest BCUT2D eigenvalue weighted by atomic mass is 16.5. The maximum Gasteiger partial charge on any atom is 0.311 e. The van der Waals surface area contributed by atoms with Crippen molar-refractivity contribution >= 4 is 18.0 Å². The molecule has 1 amide bonds. The maximum absolute atomic E-state index is 12.2. The second-order valence-electron chi connectivity index (χ2n) is 5.82. The van der Waals surface area contributed by atoms with E-state index in [4.69, 9.17) is 9.47 Å². The Kier molecular flexibility index (Phi) is 4.93. The van der Waals surface area contributed by atoms with Crippen molar-refractivity contribution in [1.82, 2.24) is 4.90 Å². The van der Waals surface area contributed by atoms with E-state index < -0.39 is 11.4 Å². The molecule has 0 aliphatic carbocycles. The summed E-state index contributed by atoms with van der Waals surface area (Å²) in [7, 11) is 3.12. The molecule has 1 aromatic carbocycles. The number of carboxylic acids is 1. The SMILES string of the molecule is COc1ccc(/C=C/C(=O)N2CCC(C)(C(=O)O)C2)c(OC)c1. The van der Waals surface area contributed by atoms with Crippen molar-refractivity contribution in [2.75, 3.05) is 27.3 Å². The van der Waals surface area contributed by atoms with Crippen LogP contribution in [0.2, 0.25) is 0 Å². The van der Waals surface area contributed by atoms with Crippen LogP contribution >= 0.6 is 0 Å². The third kappa shape index (κ3) is 3.64. The summed E-state index contributed by atoms with van der Waals surface area (Å²) in [4.78, 5) is 25.0. The first-order valence-electron chi connectivity index (χ1n) is 7.32. The van der Waals surface area contributed by atoms with E-state index in [1.807, 2.05) is 0 Å². The van der Waals surface area contributed by atoms with Gasteiger partial charge in [-0.05, 0) is 31.6 Å². The first-order chi connectivity index (χ1) is 10.9. The molecule has 0 radical (unpaired) electrons. The van der Waals surface area contributed by atoms with Gasteiger partial charge in [0, 0.05) is 30.8 Å². The van der Waals surface area contributed by atoms with Crippen molar-refractivity contribution in [3.8, 4) is 11.5 Å². The minimum Gasteiger partial charge on any atom is -0.497 e. The number of carbonyl (C=O) groups excluding carboxylic acids is 1. The van der Waals surface area contributed by atoms with Crippen molar-refractivity contribution in [1.29, 1.82) is 0 Å². The fraction of sp³-hybridized carbons (Fsp3) is 0.412. The van der Waals surface area contributed by atoms with Crippen LogP contribution in [0, 0.1) is 5.41 Å². The summed E-state index contributed by atoms with van der Waals surface area (Å²) in [5.74, 6) is 0.203. The molecule has 1 fully saturated rings. The minimum absolute atomic E-state index is 0.201. The smallest absolute Gasteiger partial charge is 0.311 e. The third-order valence-corrected chi connectivity index (χ3v) is 4.15. The molecule has 0 aromatic heterocycles. The molecular weight excluding hydrogens is 298 g/mol. The van der Waals surface area contributed by atoms with Crippen LogP contribution in [0.25, 0.3) is 6.08 Å². The summed E-state index contributed by atoms with van der Waals surface area (Å²) in [6.07, 6.45) is 3.57. The van der Waals surface area contributed by atoms with Gasteiger partial charge in [-0.3, -0.25) is 9.59 Å². The second-order valence-corrected chi connectivity index (χ2v) is 5.82. The molecule has 1 saturated heterocycles. The number of amides is 1. The predicted molar refractivity (Wildman–Crippen MR) is 85.5 cm³/mol. The summed E-state index contributed by atoms with van der Waals surface area (Å²) < 4.78 is 10.4. The van der Waals surface area contributed by atoms with E-state index in [1.165, 1.54) is 6.08 Å². The number of aliphatic carboxylic acids is 1. The molecule has 0 bridgehead atoms. The monoisotopic (exact) mass is 319 g/mol. The zero-order valence-corrected chi connectivity index (χ0v) is 13.5. The lowest BCUT2D eigenvalue weighted by Gasteiger charge is -2.19. The molecule has 6 nitrogen and oxygen atoms in total. The van der Waals surface area contributed by atoms with Crippen molar-refractivity contribution < 1.29 is 24.2 Å². The zero-order valence-electron chi connectivity index (χ0n) is 13.5. The Morgan fingerprint density at radius 3 is 2.61 bits per heavy atom. The minimum atomic E-state index is -0.867. The van der Waals surface area contributed by atoms with E-state index in [2.05, 4.69) is 0 Å². The van der Waals surface area contributed by atoms with Gasteiger partial charge in [-0.25, -0.2) is 0 Å². The lowest BCUT2D eigenvalue weighted by molar-refractivity contribution is -0.147. The molecule has 23 heavy (non-hydrogen) atoms. The van der Waals surface area contributed by atoms with Gasteiger partial charge in [-0.1, -0.05) is 0 Å². The Bertz CT molecular complexity index is 640. The second kappa shape index (κ2) is 6.73. The number of likely N-dealkylation sites (tertiary alicyclic amines) is 1. The van der Waals surface area contributed by atoms with Gasteiger partial charge in [-0.15, -0.1) is 0 Å². The maximum atomic E-state index is 12.2. The quantitative estimate of drug-likeness (QED) is 0.841. The van der Waals surface area contributed by atoms with Crippen molar-refractivity contribution in [2.24, 2.45) is 5.41 Å².